The Kier molecular flexibility index (Phi) is 10.3. The Morgan fingerprint density at radius 2 is 1.35 bits per heavy atom. The van der Waals surface area contributed by atoms with E-state index in [0.717, 1.165) is 0 Å². The van der Waals surface area contributed by atoms with E-state index in [9.17, 15) is 0 Å². The molecule has 0 saturated heterocycles. The van der Waals surface area contributed by atoms with Gasteiger partial charge in [-0.15, -0.1) is 0 Å². The summed E-state index contributed by atoms with van der Waals surface area (Å²) in [7, 11) is -4.67. The average Bonchev–Trinajstić information content (AvgIpc) is 2.34. The highest BCUT2D eigenvalue weighted by atomic mass is 32.3. The van der Waals surface area contributed by atoms with Gasteiger partial charge in [-0.1, -0.05) is 68.9 Å². The minimum absolute atomic E-state index is 1.26. The van der Waals surface area contributed by atoms with Crippen LogP contribution >= 0.6 is 0 Å². The van der Waals surface area contributed by atoms with Crippen LogP contribution in [0.15, 0.2) is 24.3 Å². The van der Waals surface area contributed by atoms with Crippen LogP contribution in [0.25, 0.3) is 0 Å². The molecular weight excluding hydrogens is 276 g/mol. The quantitative estimate of drug-likeness (QED) is 0.583. The lowest BCUT2D eigenvalue weighted by Gasteiger charge is -2.02. The molecule has 0 amide bonds. The molecule has 0 aromatic heterocycles. The van der Waals surface area contributed by atoms with Gasteiger partial charge in [-0.25, -0.2) is 0 Å². The van der Waals surface area contributed by atoms with Crippen molar-refractivity contribution in [1.29, 1.82) is 0 Å². The SMILES string of the molecule is CCCCCCCCc1ccc(C)cc1.O=S(=O)(O)O. The summed E-state index contributed by atoms with van der Waals surface area (Å²) in [5.74, 6) is 0. The first-order valence-electron chi connectivity index (χ1n) is 7.08. The van der Waals surface area contributed by atoms with Crippen molar-refractivity contribution in [3.05, 3.63) is 35.4 Å². The maximum Gasteiger partial charge on any atom is 0.394 e. The monoisotopic (exact) mass is 302 g/mol. The van der Waals surface area contributed by atoms with Crippen LogP contribution < -0.4 is 0 Å². The first-order valence-corrected chi connectivity index (χ1v) is 8.48. The zero-order valence-electron chi connectivity index (χ0n) is 12.4. The molecule has 0 aliphatic carbocycles. The van der Waals surface area contributed by atoms with Gasteiger partial charge in [-0.05, 0) is 25.3 Å². The summed E-state index contributed by atoms with van der Waals surface area (Å²) in [5, 5.41) is 0. The van der Waals surface area contributed by atoms with Crippen LogP contribution in [0.4, 0.5) is 0 Å². The highest BCUT2D eigenvalue weighted by Gasteiger charge is 1.93. The normalized spacial score (nSPS) is 10.8. The van der Waals surface area contributed by atoms with Gasteiger partial charge in [0, 0.05) is 0 Å². The molecule has 0 spiro atoms. The third-order valence-corrected chi connectivity index (χ3v) is 2.94. The average molecular weight is 302 g/mol. The summed E-state index contributed by atoms with van der Waals surface area (Å²) in [4.78, 5) is 0. The molecule has 0 heterocycles. The number of hydrogen-bond acceptors (Lipinski definition) is 2. The number of rotatable bonds is 7. The lowest BCUT2D eigenvalue weighted by atomic mass is 10.0. The Balaban J connectivity index is 0.000000621. The lowest BCUT2D eigenvalue weighted by Crippen LogP contribution is -1.89. The second kappa shape index (κ2) is 10.8. The molecule has 4 nitrogen and oxygen atoms in total. The van der Waals surface area contributed by atoms with Crippen molar-refractivity contribution < 1.29 is 17.5 Å². The van der Waals surface area contributed by atoms with Gasteiger partial charge in [0.05, 0.1) is 0 Å². The molecule has 0 unspecified atom stereocenters. The van der Waals surface area contributed by atoms with Crippen LogP contribution in [0.1, 0.15) is 56.6 Å². The molecule has 0 saturated carbocycles. The van der Waals surface area contributed by atoms with Gasteiger partial charge in [0.15, 0.2) is 0 Å². The van der Waals surface area contributed by atoms with Crippen LogP contribution in [-0.2, 0) is 16.8 Å². The zero-order valence-corrected chi connectivity index (χ0v) is 13.2. The topological polar surface area (TPSA) is 74.6 Å². The van der Waals surface area contributed by atoms with Gasteiger partial charge in [-0.3, -0.25) is 9.11 Å². The molecule has 0 radical (unpaired) electrons. The van der Waals surface area contributed by atoms with Gasteiger partial charge < -0.3 is 0 Å². The van der Waals surface area contributed by atoms with Crippen LogP contribution in [-0.4, -0.2) is 17.5 Å². The van der Waals surface area contributed by atoms with Crippen molar-refractivity contribution in [2.24, 2.45) is 0 Å². The van der Waals surface area contributed by atoms with Crippen molar-refractivity contribution in [1.82, 2.24) is 0 Å². The number of unbranched alkanes of at least 4 members (excludes halogenated alkanes) is 5. The van der Waals surface area contributed by atoms with Crippen LogP contribution in [0.3, 0.4) is 0 Å². The van der Waals surface area contributed by atoms with Crippen molar-refractivity contribution in [2.75, 3.05) is 0 Å². The smallest absolute Gasteiger partial charge is 0.264 e. The lowest BCUT2D eigenvalue weighted by molar-refractivity contribution is 0.381. The third kappa shape index (κ3) is 15.1. The van der Waals surface area contributed by atoms with Gasteiger partial charge in [0.2, 0.25) is 0 Å². The van der Waals surface area contributed by atoms with E-state index in [-0.39, 0.29) is 0 Å². The zero-order chi connectivity index (χ0) is 15.4. The second-order valence-electron chi connectivity index (χ2n) is 4.95. The standard InChI is InChI=1S/C15H24.H2O4S/c1-3-4-5-6-7-8-9-15-12-10-14(2)11-13-15;1-5(2,3)4/h10-13H,3-9H2,1-2H3;(H2,1,2,3,4). The molecule has 2 N–H and O–H groups in total. The van der Waals surface area contributed by atoms with E-state index in [1.165, 1.54) is 56.1 Å². The fourth-order valence-corrected chi connectivity index (χ4v) is 1.86. The maximum atomic E-state index is 8.74. The van der Waals surface area contributed by atoms with Crippen molar-refractivity contribution in [3.63, 3.8) is 0 Å². The molecule has 20 heavy (non-hydrogen) atoms. The van der Waals surface area contributed by atoms with Crippen molar-refractivity contribution >= 4 is 10.4 Å². The van der Waals surface area contributed by atoms with Gasteiger partial charge in [0.1, 0.15) is 0 Å². The Labute approximate surface area is 122 Å². The largest absolute Gasteiger partial charge is 0.394 e. The molecule has 0 aliphatic heterocycles. The Morgan fingerprint density at radius 1 is 0.900 bits per heavy atom. The van der Waals surface area contributed by atoms with Crippen molar-refractivity contribution in [3.8, 4) is 0 Å². The van der Waals surface area contributed by atoms with Crippen molar-refractivity contribution in [2.45, 2.75) is 58.8 Å². The molecule has 116 valence electrons. The maximum absolute atomic E-state index is 8.74. The highest BCUT2D eigenvalue weighted by Crippen LogP contribution is 2.10. The second-order valence-corrected chi connectivity index (χ2v) is 5.85. The number of aryl methyl sites for hydroxylation is 2. The highest BCUT2D eigenvalue weighted by molar-refractivity contribution is 7.79. The summed E-state index contributed by atoms with van der Waals surface area (Å²) in [6.45, 7) is 4.42. The molecular formula is C15H26O4S. The van der Waals surface area contributed by atoms with E-state index >= 15 is 0 Å². The summed E-state index contributed by atoms with van der Waals surface area (Å²) < 4.78 is 31.6. The minimum Gasteiger partial charge on any atom is -0.264 e. The molecule has 1 aromatic rings. The fraction of sp³-hybridized carbons (Fsp3) is 0.600. The summed E-state index contributed by atoms with van der Waals surface area (Å²) in [6.07, 6.45) is 9.60. The van der Waals surface area contributed by atoms with E-state index in [1.54, 1.807) is 0 Å². The molecule has 1 rings (SSSR count). The summed E-state index contributed by atoms with van der Waals surface area (Å²) in [5.41, 5.74) is 2.86. The van der Waals surface area contributed by atoms with E-state index in [4.69, 9.17) is 17.5 Å². The molecule has 0 atom stereocenters. The van der Waals surface area contributed by atoms with E-state index in [2.05, 4.69) is 38.1 Å². The summed E-state index contributed by atoms with van der Waals surface area (Å²) in [6, 6.07) is 8.96. The molecule has 1 aromatic carbocycles. The Bertz CT molecular complexity index is 429. The first kappa shape index (κ1) is 19.1. The molecule has 0 aliphatic rings. The molecule has 0 bridgehead atoms. The minimum atomic E-state index is -4.67. The van der Waals surface area contributed by atoms with Gasteiger partial charge >= 0.3 is 10.4 Å². The van der Waals surface area contributed by atoms with Crippen LogP contribution in [0, 0.1) is 6.92 Å². The van der Waals surface area contributed by atoms with Gasteiger partial charge in [0.25, 0.3) is 0 Å². The predicted molar refractivity (Wildman–Crippen MR) is 82.4 cm³/mol. The first-order chi connectivity index (χ1) is 9.33. The van der Waals surface area contributed by atoms with Gasteiger partial charge in [-0.2, -0.15) is 8.42 Å². The van der Waals surface area contributed by atoms with E-state index in [1.807, 2.05) is 0 Å². The summed E-state index contributed by atoms with van der Waals surface area (Å²) >= 11 is 0. The number of hydrogen-bond donors (Lipinski definition) is 2. The number of benzene rings is 1. The third-order valence-electron chi connectivity index (χ3n) is 2.94. The fourth-order valence-electron chi connectivity index (χ4n) is 1.86. The predicted octanol–water partition coefficient (Wildman–Crippen LogP) is 4.25. The van der Waals surface area contributed by atoms with Crippen LogP contribution in [0.5, 0.6) is 0 Å². The van der Waals surface area contributed by atoms with E-state index < -0.39 is 10.4 Å². The Hall–Kier alpha value is -0.910. The molecule has 0 fully saturated rings. The Morgan fingerprint density at radius 3 is 1.85 bits per heavy atom. The van der Waals surface area contributed by atoms with E-state index in [0.29, 0.717) is 0 Å². The van der Waals surface area contributed by atoms with Crippen LogP contribution in [0.2, 0.25) is 0 Å². The molecule has 5 heteroatoms.